The number of carboxylic acid groups (broad SMARTS) is 1. The van der Waals surface area contributed by atoms with Gasteiger partial charge in [0.25, 0.3) is 0 Å². The molecule has 1 aromatic rings. The van der Waals surface area contributed by atoms with Crippen LogP contribution in [-0.4, -0.2) is 46.0 Å². The van der Waals surface area contributed by atoms with Crippen molar-refractivity contribution in [3.63, 3.8) is 0 Å². The fraction of sp³-hybridized carbons (Fsp3) is 0.364. The molecule has 0 fully saturated rings. The van der Waals surface area contributed by atoms with Crippen LogP contribution in [0, 0.1) is 5.82 Å². The summed E-state index contributed by atoms with van der Waals surface area (Å²) in [4.78, 5) is 9.92. The second-order valence-corrected chi connectivity index (χ2v) is 8.29. The fourth-order valence-electron chi connectivity index (χ4n) is 1.40. The first-order valence-electron chi connectivity index (χ1n) is 5.82. The van der Waals surface area contributed by atoms with E-state index in [0.717, 1.165) is 12.1 Å². The van der Waals surface area contributed by atoms with Crippen molar-refractivity contribution in [3.05, 3.63) is 29.6 Å². The minimum atomic E-state index is -4.33. The molecule has 10 heteroatoms. The zero-order valence-electron chi connectivity index (χ0n) is 11.0. The molecule has 7 nitrogen and oxygen atoms in total. The van der Waals surface area contributed by atoms with Crippen molar-refractivity contribution in [1.29, 1.82) is 0 Å². The van der Waals surface area contributed by atoms with Crippen molar-refractivity contribution in [3.8, 4) is 0 Å². The Morgan fingerprint density at radius 2 is 1.90 bits per heavy atom. The highest BCUT2D eigenvalue weighted by molar-refractivity contribution is 7.91. The summed E-state index contributed by atoms with van der Waals surface area (Å²) in [6.07, 6.45) is 0. The van der Waals surface area contributed by atoms with Crippen molar-refractivity contribution in [2.75, 3.05) is 18.1 Å². The Labute approximate surface area is 121 Å². The molecular weight excluding hydrogens is 325 g/mol. The molecular formula is C11H14FNO6S2. The lowest BCUT2D eigenvalue weighted by Crippen LogP contribution is -2.30. The quantitative estimate of drug-likeness (QED) is 0.734. The minimum absolute atomic E-state index is 0.141. The standard InChI is InChI=1S/C11H14FNO6S2/c1-2-20(16,17)6-5-13-21(18,19)10-7-8(11(14)15)3-4-9(10)12/h3-4,7,13H,2,5-6H2,1H3,(H,14,15). The molecule has 0 radical (unpaired) electrons. The van der Waals surface area contributed by atoms with E-state index in [9.17, 15) is 26.0 Å². The Morgan fingerprint density at radius 1 is 1.29 bits per heavy atom. The van der Waals surface area contributed by atoms with Crippen LogP contribution >= 0.6 is 0 Å². The second kappa shape index (κ2) is 6.50. The molecule has 118 valence electrons. The van der Waals surface area contributed by atoms with E-state index < -0.39 is 54.4 Å². The summed E-state index contributed by atoms with van der Waals surface area (Å²) in [5.41, 5.74) is -0.391. The highest BCUT2D eigenvalue weighted by atomic mass is 32.2. The van der Waals surface area contributed by atoms with Crippen LogP contribution in [0.15, 0.2) is 23.1 Å². The molecule has 0 heterocycles. The minimum Gasteiger partial charge on any atom is -0.478 e. The van der Waals surface area contributed by atoms with Crippen molar-refractivity contribution in [2.24, 2.45) is 0 Å². The van der Waals surface area contributed by atoms with Crippen molar-refractivity contribution >= 4 is 25.8 Å². The largest absolute Gasteiger partial charge is 0.478 e. The third kappa shape index (κ3) is 4.76. The van der Waals surface area contributed by atoms with Crippen molar-refractivity contribution in [2.45, 2.75) is 11.8 Å². The van der Waals surface area contributed by atoms with Gasteiger partial charge in [-0.05, 0) is 18.2 Å². The molecule has 0 saturated carbocycles. The maximum atomic E-state index is 13.5. The summed E-state index contributed by atoms with van der Waals surface area (Å²) in [7, 11) is -7.70. The van der Waals surface area contributed by atoms with E-state index in [1.165, 1.54) is 6.92 Å². The van der Waals surface area contributed by atoms with Crippen LogP contribution in [0.1, 0.15) is 17.3 Å². The Balaban J connectivity index is 2.98. The molecule has 1 aromatic carbocycles. The maximum absolute atomic E-state index is 13.5. The second-order valence-electron chi connectivity index (χ2n) is 4.08. The van der Waals surface area contributed by atoms with Gasteiger partial charge in [-0.2, -0.15) is 0 Å². The molecule has 0 aliphatic carbocycles. The normalized spacial score (nSPS) is 12.3. The Bertz CT molecular complexity index is 742. The predicted molar refractivity (Wildman–Crippen MR) is 72.9 cm³/mol. The number of halogens is 1. The van der Waals surface area contributed by atoms with Gasteiger partial charge in [0.2, 0.25) is 10.0 Å². The van der Waals surface area contributed by atoms with Gasteiger partial charge in [0.15, 0.2) is 9.84 Å². The molecule has 0 aromatic heterocycles. The average Bonchev–Trinajstić information content (AvgIpc) is 2.38. The lowest BCUT2D eigenvalue weighted by Gasteiger charge is -2.08. The number of carboxylic acids is 1. The first-order valence-corrected chi connectivity index (χ1v) is 9.12. The van der Waals surface area contributed by atoms with E-state index in [2.05, 4.69) is 0 Å². The smallest absolute Gasteiger partial charge is 0.335 e. The SMILES string of the molecule is CCS(=O)(=O)CCNS(=O)(=O)c1cc(C(=O)O)ccc1F. The van der Waals surface area contributed by atoms with Crippen LogP contribution in [0.3, 0.4) is 0 Å². The number of sulfonamides is 1. The van der Waals surface area contributed by atoms with Crippen LogP contribution in [0.5, 0.6) is 0 Å². The van der Waals surface area contributed by atoms with Crippen molar-refractivity contribution in [1.82, 2.24) is 4.72 Å². The van der Waals surface area contributed by atoms with E-state index in [0.29, 0.717) is 6.07 Å². The summed E-state index contributed by atoms with van der Waals surface area (Å²) < 4.78 is 61.7. The van der Waals surface area contributed by atoms with Gasteiger partial charge in [0, 0.05) is 12.3 Å². The average molecular weight is 339 g/mol. The molecule has 1 rings (SSSR count). The number of carbonyl (C=O) groups is 1. The van der Waals surface area contributed by atoms with Gasteiger partial charge in [-0.3, -0.25) is 0 Å². The lowest BCUT2D eigenvalue weighted by atomic mass is 10.2. The van der Waals surface area contributed by atoms with Gasteiger partial charge < -0.3 is 5.11 Å². The third-order valence-corrected chi connectivity index (χ3v) is 5.79. The predicted octanol–water partition coefficient (Wildman–Crippen LogP) is 0.237. The summed E-state index contributed by atoms with van der Waals surface area (Å²) >= 11 is 0. The number of sulfone groups is 1. The summed E-state index contributed by atoms with van der Waals surface area (Å²) in [6.45, 7) is 0.995. The first-order chi connectivity index (χ1) is 9.59. The first kappa shape index (κ1) is 17.5. The van der Waals surface area contributed by atoms with Crippen LogP contribution in [-0.2, 0) is 19.9 Å². The molecule has 0 unspecified atom stereocenters. The molecule has 21 heavy (non-hydrogen) atoms. The van der Waals surface area contributed by atoms with E-state index >= 15 is 0 Å². The molecule has 0 saturated heterocycles. The molecule has 0 atom stereocenters. The van der Waals surface area contributed by atoms with Crippen LogP contribution in [0.4, 0.5) is 4.39 Å². The monoisotopic (exact) mass is 339 g/mol. The van der Waals surface area contributed by atoms with Gasteiger partial charge >= 0.3 is 5.97 Å². The Hall–Kier alpha value is -1.52. The summed E-state index contributed by atoms with van der Waals surface area (Å²) in [5.74, 6) is -3.09. The number of nitrogens with one attached hydrogen (secondary N) is 1. The zero-order valence-corrected chi connectivity index (χ0v) is 12.7. The van der Waals surface area contributed by atoms with E-state index in [1.54, 1.807) is 0 Å². The highest BCUT2D eigenvalue weighted by Gasteiger charge is 2.21. The molecule has 0 aliphatic heterocycles. The van der Waals surface area contributed by atoms with Crippen LogP contribution in [0.2, 0.25) is 0 Å². The van der Waals surface area contributed by atoms with Crippen LogP contribution < -0.4 is 4.72 Å². The van der Waals surface area contributed by atoms with E-state index in [1.807, 2.05) is 4.72 Å². The van der Waals surface area contributed by atoms with Gasteiger partial charge in [-0.1, -0.05) is 6.92 Å². The van der Waals surface area contributed by atoms with E-state index in [4.69, 9.17) is 5.11 Å². The number of benzene rings is 1. The topological polar surface area (TPSA) is 118 Å². The van der Waals surface area contributed by atoms with Gasteiger partial charge in [-0.15, -0.1) is 0 Å². The third-order valence-electron chi connectivity index (χ3n) is 2.61. The molecule has 2 N–H and O–H groups in total. The van der Waals surface area contributed by atoms with Gasteiger partial charge in [0.1, 0.15) is 10.7 Å². The Kier molecular flexibility index (Phi) is 5.42. The molecule has 0 spiro atoms. The summed E-state index contributed by atoms with van der Waals surface area (Å²) in [6, 6.07) is 2.33. The highest BCUT2D eigenvalue weighted by Crippen LogP contribution is 2.16. The Morgan fingerprint density at radius 3 is 2.43 bits per heavy atom. The molecule has 0 aliphatic rings. The number of aromatic carboxylic acids is 1. The lowest BCUT2D eigenvalue weighted by molar-refractivity contribution is 0.0696. The van der Waals surface area contributed by atoms with Gasteiger partial charge in [0.05, 0.1) is 11.3 Å². The number of hydrogen-bond donors (Lipinski definition) is 2. The van der Waals surface area contributed by atoms with Crippen LogP contribution in [0.25, 0.3) is 0 Å². The summed E-state index contributed by atoms with van der Waals surface area (Å²) in [5, 5.41) is 8.76. The maximum Gasteiger partial charge on any atom is 0.335 e. The number of rotatable bonds is 7. The number of hydrogen-bond acceptors (Lipinski definition) is 5. The van der Waals surface area contributed by atoms with Crippen molar-refractivity contribution < 1.29 is 31.1 Å². The molecule has 0 amide bonds. The molecule has 0 bridgehead atoms. The zero-order chi connectivity index (χ0) is 16.3. The van der Waals surface area contributed by atoms with Gasteiger partial charge in [-0.25, -0.2) is 30.7 Å². The fourth-order valence-corrected chi connectivity index (χ4v) is 3.36. The van der Waals surface area contributed by atoms with E-state index in [-0.39, 0.29) is 5.75 Å².